The average molecular weight is 512 g/mol. The Morgan fingerprint density at radius 3 is 2.19 bits per heavy atom. The zero-order chi connectivity index (χ0) is 24.6. The molecule has 182 valence electrons. The number of ether oxygens (including phenoxy) is 2. The van der Waals surface area contributed by atoms with Gasteiger partial charge in [-0.15, -0.1) is 0 Å². The van der Waals surface area contributed by atoms with E-state index in [4.69, 9.17) is 9.47 Å². The highest BCUT2D eigenvalue weighted by atomic mass is 79.9. The van der Waals surface area contributed by atoms with E-state index in [0.29, 0.717) is 17.4 Å². The van der Waals surface area contributed by atoms with Gasteiger partial charge in [-0.1, -0.05) is 59.6 Å². The first-order chi connectivity index (χ1) is 14.8. The number of hydrogen-bond acceptors (Lipinski definition) is 4. The topological polar surface area (TPSA) is 52.6 Å². The van der Waals surface area contributed by atoms with Gasteiger partial charge in [-0.25, -0.2) is 4.79 Å². The molecule has 0 amide bonds. The van der Waals surface area contributed by atoms with E-state index in [1.54, 1.807) is 6.07 Å². The van der Waals surface area contributed by atoms with Gasteiger partial charge in [-0.2, -0.15) is 0 Å². The predicted molar refractivity (Wildman–Crippen MR) is 135 cm³/mol. The third kappa shape index (κ3) is 8.20. The van der Waals surface area contributed by atoms with Crippen LogP contribution < -0.4 is 0 Å². The van der Waals surface area contributed by atoms with Gasteiger partial charge in [0.05, 0.1) is 18.6 Å². The van der Waals surface area contributed by atoms with Crippen molar-refractivity contribution in [2.45, 2.75) is 92.6 Å². The summed E-state index contributed by atoms with van der Waals surface area (Å²) in [6.07, 6.45) is 4.34. The number of esters is 2. The Hall–Kier alpha value is -1.36. The molecule has 1 rings (SSSR count). The third-order valence-electron chi connectivity index (χ3n) is 6.74. The minimum absolute atomic E-state index is 0.109. The summed E-state index contributed by atoms with van der Waals surface area (Å²) in [6, 6.07) is 5.81. The second-order valence-electron chi connectivity index (χ2n) is 10.3. The first kappa shape index (κ1) is 28.7. The average Bonchev–Trinajstić information content (AvgIpc) is 2.73. The standard InChI is InChI=1S/C27H43BrO4/c1-10-12-21(16-15-17(2)18(3)25(29)32-27(6,7)8)19(4)20(5)22-13-11-14-23(24(22)28)26(30)31-9/h11,13-14,17-21H,10,12,15-16H2,1-9H3. The zero-order valence-corrected chi connectivity index (χ0v) is 23.0. The molecule has 0 saturated heterocycles. The SMILES string of the molecule is CCCC(CCC(C)C(C)C(=O)OC(C)(C)C)C(C)C(C)c1cccc(C(=O)OC)c1Br. The van der Waals surface area contributed by atoms with Crippen molar-refractivity contribution >= 4 is 27.9 Å². The van der Waals surface area contributed by atoms with E-state index in [1.807, 2.05) is 33.8 Å². The summed E-state index contributed by atoms with van der Waals surface area (Å²) < 4.78 is 11.3. The van der Waals surface area contributed by atoms with Gasteiger partial charge in [0.15, 0.2) is 0 Å². The fourth-order valence-corrected chi connectivity index (χ4v) is 5.04. The van der Waals surface area contributed by atoms with Gasteiger partial charge in [0, 0.05) is 4.47 Å². The lowest BCUT2D eigenvalue weighted by Crippen LogP contribution is -2.30. The van der Waals surface area contributed by atoms with Crippen LogP contribution in [0.25, 0.3) is 0 Å². The molecule has 0 heterocycles. The lowest BCUT2D eigenvalue weighted by Gasteiger charge is -2.32. The molecule has 0 aliphatic rings. The van der Waals surface area contributed by atoms with Crippen molar-refractivity contribution < 1.29 is 19.1 Å². The number of rotatable bonds is 11. The minimum atomic E-state index is -0.453. The molecule has 1 aromatic carbocycles. The number of carbonyl (C=O) groups excluding carboxylic acids is 2. The van der Waals surface area contributed by atoms with Crippen molar-refractivity contribution in [2.24, 2.45) is 23.7 Å². The highest BCUT2D eigenvalue weighted by molar-refractivity contribution is 9.10. The van der Waals surface area contributed by atoms with E-state index in [-0.39, 0.29) is 29.7 Å². The summed E-state index contributed by atoms with van der Waals surface area (Å²) in [7, 11) is 1.41. The van der Waals surface area contributed by atoms with Crippen LogP contribution in [0, 0.1) is 23.7 Å². The van der Waals surface area contributed by atoms with Crippen molar-refractivity contribution in [3.63, 3.8) is 0 Å². The van der Waals surface area contributed by atoms with E-state index in [9.17, 15) is 9.59 Å². The van der Waals surface area contributed by atoms with Crippen molar-refractivity contribution in [1.82, 2.24) is 0 Å². The van der Waals surface area contributed by atoms with Crippen LogP contribution in [-0.2, 0) is 14.3 Å². The van der Waals surface area contributed by atoms with Crippen LogP contribution in [0.5, 0.6) is 0 Å². The number of methoxy groups -OCH3 is 1. The van der Waals surface area contributed by atoms with E-state index in [0.717, 1.165) is 35.7 Å². The van der Waals surface area contributed by atoms with Crippen LogP contribution in [0.15, 0.2) is 22.7 Å². The van der Waals surface area contributed by atoms with Gasteiger partial charge in [0.25, 0.3) is 0 Å². The Morgan fingerprint density at radius 1 is 1.03 bits per heavy atom. The maximum atomic E-state index is 12.5. The summed E-state index contributed by atoms with van der Waals surface area (Å²) in [6.45, 7) is 16.6. The Labute approximate surface area is 204 Å². The van der Waals surface area contributed by atoms with Gasteiger partial charge in [-0.3, -0.25) is 4.79 Å². The molecule has 0 fully saturated rings. The molecule has 0 N–H and O–H groups in total. The Kier molecular flexibility index (Phi) is 11.4. The Morgan fingerprint density at radius 2 is 1.66 bits per heavy atom. The molecule has 0 aliphatic carbocycles. The Bertz CT molecular complexity index is 753. The summed E-state index contributed by atoms with van der Waals surface area (Å²) in [5.41, 5.74) is 1.25. The van der Waals surface area contributed by atoms with E-state index >= 15 is 0 Å². The zero-order valence-electron chi connectivity index (χ0n) is 21.5. The normalized spacial score (nSPS) is 16.6. The maximum absolute atomic E-state index is 12.5. The quantitative estimate of drug-likeness (QED) is 0.285. The largest absolute Gasteiger partial charge is 0.465 e. The van der Waals surface area contributed by atoms with Gasteiger partial charge in [0.2, 0.25) is 0 Å². The second kappa shape index (κ2) is 12.8. The maximum Gasteiger partial charge on any atom is 0.339 e. The third-order valence-corrected chi connectivity index (χ3v) is 7.63. The molecule has 5 atom stereocenters. The molecule has 5 heteroatoms. The molecule has 0 spiro atoms. The van der Waals surface area contributed by atoms with Crippen molar-refractivity contribution in [2.75, 3.05) is 7.11 Å². The first-order valence-corrected chi connectivity index (χ1v) is 12.7. The molecule has 4 nitrogen and oxygen atoms in total. The number of hydrogen-bond donors (Lipinski definition) is 0. The predicted octanol–water partition coefficient (Wildman–Crippen LogP) is 7.79. The molecular weight excluding hydrogens is 468 g/mol. The van der Waals surface area contributed by atoms with Crippen molar-refractivity contribution in [3.8, 4) is 0 Å². The Balaban J connectivity index is 2.91. The van der Waals surface area contributed by atoms with Gasteiger partial charge in [0.1, 0.15) is 5.60 Å². The summed E-state index contributed by atoms with van der Waals surface area (Å²) >= 11 is 3.65. The smallest absolute Gasteiger partial charge is 0.339 e. The summed E-state index contributed by atoms with van der Waals surface area (Å²) in [4.78, 5) is 24.6. The number of benzene rings is 1. The van der Waals surface area contributed by atoms with Crippen LogP contribution in [-0.4, -0.2) is 24.6 Å². The van der Waals surface area contributed by atoms with Crippen LogP contribution in [0.1, 0.15) is 103 Å². The van der Waals surface area contributed by atoms with Gasteiger partial charge < -0.3 is 9.47 Å². The molecule has 32 heavy (non-hydrogen) atoms. The van der Waals surface area contributed by atoms with E-state index in [1.165, 1.54) is 7.11 Å². The molecule has 1 aromatic rings. The molecule has 0 aromatic heterocycles. The fraction of sp³-hybridized carbons (Fsp3) is 0.704. The molecule has 0 radical (unpaired) electrons. The highest BCUT2D eigenvalue weighted by Gasteiger charge is 2.29. The summed E-state index contributed by atoms with van der Waals surface area (Å²) in [5, 5.41) is 0. The van der Waals surface area contributed by atoms with Gasteiger partial charge in [-0.05, 0) is 84.8 Å². The van der Waals surface area contributed by atoms with Crippen LogP contribution >= 0.6 is 15.9 Å². The second-order valence-corrected chi connectivity index (χ2v) is 11.1. The van der Waals surface area contributed by atoms with Crippen molar-refractivity contribution in [1.29, 1.82) is 0 Å². The molecule has 5 unspecified atom stereocenters. The van der Waals surface area contributed by atoms with E-state index < -0.39 is 5.60 Å². The lowest BCUT2D eigenvalue weighted by atomic mass is 9.74. The molecule has 0 bridgehead atoms. The van der Waals surface area contributed by atoms with Crippen molar-refractivity contribution in [3.05, 3.63) is 33.8 Å². The fourth-order valence-electron chi connectivity index (χ4n) is 4.26. The van der Waals surface area contributed by atoms with Gasteiger partial charge >= 0.3 is 11.9 Å². The molecule has 0 saturated carbocycles. The van der Waals surface area contributed by atoms with Crippen LogP contribution in [0.4, 0.5) is 0 Å². The number of halogens is 1. The highest BCUT2D eigenvalue weighted by Crippen LogP contribution is 2.39. The lowest BCUT2D eigenvalue weighted by molar-refractivity contribution is -0.161. The molecule has 0 aliphatic heterocycles. The summed E-state index contributed by atoms with van der Waals surface area (Å²) in [5.74, 6) is 0.969. The van der Waals surface area contributed by atoms with Crippen LogP contribution in [0.3, 0.4) is 0 Å². The number of carbonyl (C=O) groups is 2. The first-order valence-electron chi connectivity index (χ1n) is 11.9. The monoisotopic (exact) mass is 510 g/mol. The van der Waals surface area contributed by atoms with E-state index in [2.05, 4.69) is 49.7 Å². The molecular formula is C27H43BrO4. The minimum Gasteiger partial charge on any atom is -0.465 e. The van der Waals surface area contributed by atoms with Crippen LogP contribution in [0.2, 0.25) is 0 Å².